The molecule has 2 rings (SSSR count). The average molecular weight is 418 g/mol. The van der Waals surface area contributed by atoms with Crippen LogP contribution in [0.25, 0.3) is 0 Å². The largest absolute Gasteiger partial charge is 0.494 e. The number of amides is 1. The first kappa shape index (κ1) is 22.4. The van der Waals surface area contributed by atoms with Gasteiger partial charge in [-0.1, -0.05) is 31.5 Å². The Kier molecular flexibility index (Phi) is 8.21. The minimum atomic E-state index is -3.62. The zero-order chi connectivity index (χ0) is 21.3. The van der Waals surface area contributed by atoms with Crippen LogP contribution in [0, 0.1) is 6.92 Å². The molecule has 0 radical (unpaired) electrons. The van der Waals surface area contributed by atoms with Crippen LogP contribution in [0.4, 0.5) is 5.69 Å². The second-order valence-electron chi connectivity index (χ2n) is 6.62. The summed E-state index contributed by atoms with van der Waals surface area (Å²) in [6.07, 6.45) is 4.64. The summed E-state index contributed by atoms with van der Waals surface area (Å²) in [6.45, 7) is 4.22. The van der Waals surface area contributed by atoms with E-state index in [1.54, 1.807) is 25.1 Å². The van der Waals surface area contributed by atoms with Gasteiger partial charge in [0.2, 0.25) is 10.0 Å². The first-order valence-electron chi connectivity index (χ1n) is 9.39. The fourth-order valence-electron chi connectivity index (χ4n) is 2.55. The van der Waals surface area contributed by atoms with Crippen molar-refractivity contribution in [1.29, 1.82) is 0 Å². The molecule has 0 unspecified atom stereocenters. The number of hydrogen-bond acceptors (Lipinski definition) is 5. The standard InChI is InChI=1S/C21H27N3O4S/c1-4-5-14-28-19-12-10-18(11-13-19)15-22-23-21(25)16-24(29(3,26)27)20-9-7-6-8-17(20)2/h6-13,15H,4-5,14,16H2,1-3H3,(H,23,25)/b22-15-. The summed E-state index contributed by atoms with van der Waals surface area (Å²) in [5.41, 5.74) is 4.38. The zero-order valence-electron chi connectivity index (χ0n) is 17.0. The maximum Gasteiger partial charge on any atom is 0.260 e. The summed E-state index contributed by atoms with van der Waals surface area (Å²) in [6, 6.07) is 14.3. The van der Waals surface area contributed by atoms with Gasteiger partial charge in [-0.2, -0.15) is 5.10 Å². The van der Waals surface area contributed by atoms with Crippen molar-refractivity contribution in [3.63, 3.8) is 0 Å². The molecule has 2 aromatic carbocycles. The molecule has 29 heavy (non-hydrogen) atoms. The Balaban J connectivity index is 1.96. The van der Waals surface area contributed by atoms with E-state index in [9.17, 15) is 13.2 Å². The lowest BCUT2D eigenvalue weighted by Gasteiger charge is -2.23. The van der Waals surface area contributed by atoms with Crippen molar-refractivity contribution in [1.82, 2.24) is 5.43 Å². The number of para-hydroxylation sites is 1. The van der Waals surface area contributed by atoms with E-state index in [0.717, 1.165) is 40.3 Å². The molecule has 0 atom stereocenters. The number of aryl methyl sites for hydroxylation is 1. The highest BCUT2D eigenvalue weighted by atomic mass is 32.2. The maximum absolute atomic E-state index is 12.2. The molecule has 1 amide bonds. The number of sulfonamides is 1. The lowest BCUT2D eigenvalue weighted by Crippen LogP contribution is -2.39. The summed E-state index contributed by atoms with van der Waals surface area (Å²) in [7, 11) is -3.62. The smallest absolute Gasteiger partial charge is 0.260 e. The highest BCUT2D eigenvalue weighted by molar-refractivity contribution is 7.92. The predicted octanol–water partition coefficient (Wildman–Crippen LogP) is 3.09. The molecule has 0 bridgehead atoms. The fraction of sp³-hybridized carbons (Fsp3) is 0.333. The highest BCUT2D eigenvalue weighted by Crippen LogP contribution is 2.21. The first-order chi connectivity index (χ1) is 13.8. The number of carbonyl (C=O) groups excluding carboxylic acids is 1. The summed E-state index contributed by atoms with van der Waals surface area (Å²) >= 11 is 0. The molecular weight excluding hydrogens is 390 g/mol. The Morgan fingerprint density at radius 1 is 1.17 bits per heavy atom. The molecule has 0 heterocycles. The fourth-order valence-corrected chi connectivity index (χ4v) is 3.47. The van der Waals surface area contributed by atoms with Crippen molar-refractivity contribution >= 4 is 27.8 Å². The molecule has 0 aliphatic heterocycles. The van der Waals surface area contributed by atoms with E-state index in [0.29, 0.717) is 12.3 Å². The van der Waals surface area contributed by atoms with Crippen LogP contribution in [0.5, 0.6) is 5.75 Å². The van der Waals surface area contributed by atoms with E-state index in [1.165, 1.54) is 6.21 Å². The van der Waals surface area contributed by atoms with Gasteiger partial charge in [-0.3, -0.25) is 9.10 Å². The molecule has 0 saturated heterocycles. The SMILES string of the molecule is CCCCOc1ccc(/C=N\NC(=O)CN(c2ccccc2C)S(C)(=O)=O)cc1. The lowest BCUT2D eigenvalue weighted by atomic mass is 10.2. The number of anilines is 1. The van der Waals surface area contributed by atoms with Crippen LogP contribution < -0.4 is 14.5 Å². The van der Waals surface area contributed by atoms with E-state index in [4.69, 9.17) is 4.74 Å². The molecular formula is C21H27N3O4S. The number of hydrazone groups is 1. The van der Waals surface area contributed by atoms with Crippen molar-refractivity contribution < 1.29 is 17.9 Å². The van der Waals surface area contributed by atoms with E-state index in [2.05, 4.69) is 17.5 Å². The molecule has 156 valence electrons. The van der Waals surface area contributed by atoms with Gasteiger partial charge < -0.3 is 4.74 Å². The molecule has 0 spiro atoms. The van der Waals surface area contributed by atoms with Crippen LogP contribution in [0.3, 0.4) is 0 Å². The highest BCUT2D eigenvalue weighted by Gasteiger charge is 2.21. The Morgan fingerprint density at radius 2 is 1.86 bits per heavy atom. The average Bonchev–Trinajstić information content (AvgIpc) is 2.67. The molecule has 0 saturated carbocycles. The van der Waals surface area contributed by atoms with Crippen molar-refractivity contribution in [2.45, 2.75) is 26.7 Å². The number of ether oxygens (including phenoxy) is 1. The van der Waals surface area contributed by atoms with Crippen LogP contribution >= 0.6 is 0 Å². The Labute approximate surface area is 172 Å². The van der Waals surface area contributed by atoms with Crippen molar-refractivity contribution in [2.24, 2.45) is 5.10 Å². The molecule has 7 nitrogen and oxygen atoms in total. The van der Waals surface area contributed by atoms with Gasteiger partial charge in [-0.05, 0) is 54.8 Å². The quantitative estimate of drug-likeness (QED) is 0.366. The summed E-state index contributed by atoms with van der Waals surface area (Å²) in [4.78, 5) is 12.2. The van der Waals surface area contributed by atoms with Gasteiger partial charge in [-0.25, -0.2) is 13.8 Å². The van der Waals surface area contributed by atoms with Crippen molar-refractivity contribution in [3.8, 4) is 5.75 Å². The van der Waals surface area contributed by atoms with Gasteiger partial charge in [0.15, 0.2) is 0 Å². The van der Waals surface area contributed by atoms with Gasteiger partial charge in [0.1, 0.15) is 12.3 Å². The van der Waals surface area contributed by atoms with E-state index < -0.39 is 15.9 Å². The van der Waals surface area contributed by atoms with Crippen LogP contribution in [-0.4, -0.2) is 39.9 Å². The van der Waals surface area contributed by atoms with E-state index >= 15 is 0 Å². The summed E-state index contributed by atoms with van der Waals surface area (Å²) in [5.74, 6) is 0.246. The lowest BCUT2D eigenvalue weighted by molar-refractivity contribution is -0.119. The van der Waals surface area contributed by atoms with Crippen LogP contribution in [0.1, 0.15) is 30.9 Å². The molecule has 0 fully saturated rings. The van der Waals surface area contributed by atoms with Gasteiger partial charge in [0, 0.05) is 0 Å². The zero-order valence-corrected chi connectivity index (χ0v) is 17.8. The van der Waals surface area contributed by atoms with Gasteiger partial charge in [0.25, 0.3) is 5.91 Å². The van der Waals surface area contributed by atoms with Gasteiger partial charge in [0.05, 0.1) is 24.8 Å². The number of nitrogens with one attached hydrogen (secondary N) is 1. The second kappa shape index (κ2) is 10.6. The third kappa shape index (κ3) is 7.23. The summed E-state index contributed by atoms with van der Waals surface area (Å²) in [5, 5.41) is 3.91. The number of carbonyl (C=O) groups is 1. The van der Waals surface area contributed by atoms with Crippen molar-refractivity contribution in [2.75, 3.05) is 23.7 Å². The third-order valence-electron chi connectivity index (χ3n) is 4.12. The van der Waals surface area contributed by atoms with E-state index in [-0.39, 0.29) is 6.54 Å². The molecule has 2 aromatic rings. The molecule has 0 aliphatic carbocycles. The number of nitrogens with zero attached hydrogens (tertiary/aromatic N) is 2. The molecule has 8 heteroatoms. The number of benzene rings is 2. The summed E-state index contributed by atoms with van der Waals surface area (Å²) < 4.78 is 30.9. The van der Waals surface area contributed by atoms with Crippen LogP contribution in [0.15, 0.2) is 53.6 Å². The Hall–Kier alpha value is -2.87. The number of hydrogen-bond donors (Lipinski definition) is 1. The number of rotatable bonds is 10. The van der Waals surface area contributed by atoms with Gasteiger partial charge >= 0.3 is 0 Å². The minimum absolute atomic E-state index is 0.356. The molecule has 1 N–H and O–H groups in total. The van der Waals surface area contributed by atoms with Gasteiger partial charge in [-0.15, -0.1) is 0 Å². The monoisotopic (exact) mass is 417 g/mol. The normalized spacial score (nSPS) is 11.4. The Bertz CT molecular complexity index is 941. The third-order valence-corrected chi connectivity index (χ3v) is 5.25. The van der Waals surface area contributed by atoms with Crippen molar-refractivity contribution in [3.05, 3.63) is 59.7 Å². The molecule has 0 aliphatic rings. The maximum atomic E-state index is 12.2. The number of unbranched alkanes of at least 4 members (excludes halogenated alkanes) is 1. The Morgan fingerprint density at radius 3 is 2.48 bits per heavy atom. The van der Waals surface area contributed by atoms with Crippen LogP contribution in [0.2, 0.25) is 0 Å². The predicted molar refractivity (Wildman–Crippen MR) is 116 cm³/mol. The minimum Gasteiger partial charge on any atom is -0.494 e. The first-order valence-corrected chi connectivity index (χ1v) is 11.2. The topological polar surface area (TPSA) is 88.1 Å². The second-order valence-corrected chi connectivity index (χ2v) is 8.53. The van der Waals surface area contributed by atoms with Crippen LogP contribution in [-0.2, 0) is 14.8 Å². The molecule has 0 aromatic heterocycles. The van der Waals surface area contributed by atoms with E-state index in [1.807, 2.05) is 30.3 Å².